The van der Waals surface area contributed by atoms with Crippen LogP contribution in [0.1, 0.15) is 17.8 Å². The smallest absolute Gasteiger partial charge is 0.167 e. The molecule has 19 heavy (non-hydrogen) atoms. The van der Waals surface area contributed by atoms with Gasteiger partial charge in [0.2, 0.25) is 0 Å². The molecule has 0 spiro atoms. The minimum atomic E-state index is -0.444. The van der Waals surface area contributed by atoms with Crippen molar-refractivity contribution in [2.45, 2.75) is 13.0 Å². The van der Waals surface area contributed by atoms with Gasteiger partial charge in [0.1, 0.15) is 0 Å². The van der Waals surface area contributed by atoms with E-state index < -0.39 is 5.82 Å². The second-order valence-corrected chi connectivity index (χ2v) is 5.33. The number of nitrogens with two attached hydrogens (primary N) is 1. The third kappa shape index (κ3) is 2.66. The fourth-order valence-electron chi connectivity index (χ4n) is 1.95. The van der Waals surface area contributed by atoms with E-state index in [0.29, 0.717) is 5.69 Å². The molecule has 3 nitrogen and oxygen atoms in total. The molecule has 2 aromatic rings. The summed E-state index contributed by atoms with van der Waals surface area (Å²) < 4.78 is 18.6. The summed E-state index contributed by atoms with van der Waals surface area (Å²) in [5.41, 5.74) is 7.07. The van der Waals surface area contributed by atoms with E-state index in [-0.39, 0.29) is 11.8 Å². The van der Waals surface area contributed by atoms with Crippen LogP contribution in [0.15, 0.2) is 29.6 Å². The third-order valence-electron chi connectivity index (χ3n) is 3.22. The topological polar surface area (TPSA) is 38.5 Å². The third-order valence-corrected chi connectivity index (χ3v) is 4.26. The second-order valence-electron chi connectivity index (χ2n) is 4.35. The van der Waals surface area contributed by atoms with Gasteiger partial charge in [-0.05, 0) is 18.4 Å². The van der Waals surface area contributed by atoms with Gasteiger partial charge < -0.3 is 15.4 Å². The highest BCUT2D eigenvalue weighted by atomic mass is 32.1. The highest BCUT2D eigenvalue weighted by Gasteiger charge is 2.17. The predicted octanol–water partition coefficient (Wildman–Crippen LogP) is 3.68. The summed E-state index contributed by atoms with van der Waals surface area (Å²) in [6, 6.07) is 7.18. The molecule has 1 heterocycles. The van der Waals surface area contributed by atoms with Gasteiger partial charge in [-0.3, -0.25) is 0 Å². The van der Waals surface area contributed by atoms with Crippen LogP contribution in [0.3, 0.4) is 0 Å². The van der Waals surface area contributed by atoms with Crippen molar-refractivity contribution in [3.63, 3.8) is 0 Å². The molecule has 0 aliphatic carbocycles. The van der Waals surface area contributed by atoms with Gasteiger partial charge in [0, 0.05) is 24.1 Å². The molecule has 0 saturated heterocycles. The molecule has 0 bridgehead atoms. The first-order chi connectivity index (χ1) is 9.04. The number of methoxy groups -OCH3 is 1. The van der Waals surface area contributed by atoms with Crippen molar-refractivity contribution in [2.24, 2.45) is 0 Å². The van der Waals surface area contributed by atoms with E-state index in [2.05, 4.69) is 13.0 Å². The molecule has 2 rings (SSSR count). The van der Waals surface area contributed by atoms with E-state index in [1.807, 2.05) is 23.4 Å². The average molecular weight is 280 g/mol. The lowest BCUT2D eigenvalue weighted by atomic mass is 10.1. The summed E-state index contributed by atoms with van der Waals surface area (Å²) in [5.74, 6) is -0.240. The van der Waals surface area contributed by atoms with E-state index in [1.165, 1.54) is 18.1 Å². The van der Waals surface area contributed by atoms with Crippen molar-refractivity contribution in [1.82, 2.24) is 0 Å². The lowest BCUT2D eigenvalue weighted by Crippen LogP contribution is -2.22. The number of anilines is 2. The van der Waals surface area contributed by atoms with Gasteiger partial charge in [0.25, 0.3) is 0 Å². The maximum atomic E-state index is 13.5. The molecular weight excluding hydrogens is 263 g/mol. The van der Waals surface area contributed by atoms with Gasteiger partial charge in [-0.25, -0.2) is 4.39 Å². The first kappa shape index (κ1) is 13.7. The molecule has 1 unspecified atom stereocenters. The van der Waals surface area contributed by atoms with Gasteiger partial charge >= 0.3 is 0 Å². The molecule has 1 aromatic heterocycles. The standard InChI is InChI=1S/C14H17FN2OS/c1-9(14-5-4-6-19-14)17(2)12-8-13(18-3)10(15)7-11(12)16/h4-9H,16H2,1-3H3. The Labute approximate surface area is 116 Å². The number of hydrogen-bond acceptors (Lipinski definition) is 4. The Bertz CT molecular complexity index is 557. The fraction of sp³-hybridized carbons (Fsp3) is 0.286. The van der Waals surface area contributed by atoms with Gasteiger partial charge in [-0.2, -0.15) is 0 Å². The molecule has 0 saturated carbocycles. The first-order valence-electron chi connectivity index (χ1n) is 5.93. The SMILES string of the molecule is COc1cc(N(C)C(C)c2cccs2)c(N)cc1F. The van der Waals surface area contributed by atoms with Crippen molar-refractivity contribution in [2.75, 3.05) is 24.8 Å². The number of halogens is 1. The van der Waals surface area contributed by atoms with Crippen LogP contribution in [0.4, 0.5) is 15.8 Å². The van der Waals surface area contributed by atoms with E-state index >= 15 is 0 Å². The van der Waals surface area contributed by atoms with Crippen molar-refractivity contribution in [3.8, 4) is 5.75 Å². The van der Waals surface area contributed by atoms with Crippen LogP contribution >= 0.6 is 11.3 Å². The minimum Gasteiger partial charge on any atom is -0.494 e. The summed E-state index contributed by atoms with van der Waals surface area (Å²) >= 11 is 1.69. The zero-order chi connectivity index (χ0) is 14.0. The van der Waals surface area contributed by atoms with Gasteiger partial charge in [-0.1, -0.05) is 6.07 Å². The van der Waals surface area contributed by atoms with Crippen molar-refractivity contribution in [1.29, 1.82) is 0 Å². The Morgan fingerprint density at radius 3 is 2.74 bits per heavy atom. The Kier molecular flexibility index (Phi) is 3.95. The second kappa shape index (κ2) is 5.48. The Morgan fingerprint density at radius 2 is 2.16 bits per heavy atom. The van der Waals surface area contributed by atoms with Crippen LogP contribution < -0.4 is 15.4 Å². The van der Waals surface area contributed by atoms with Crippen molar-refractivity contribution >= 4 is 22.7 Å². The Balaban J connectivity index is 2.35. The van der Waals surface area contributed by atoms with E-state index in [0.717, 1.165) is 5.69 Å². The van der Waals surface area contributed by atoms with Crippen molar-refractivity contribution in [3.05, 3.63) is 40.3 Å². The average Bonchev–Trinajstić information content (AvgIpc) is 2.91. The van der Waals surface area contributed by atoms with E-state index in [4.69, 9.17) is 10.5 Å². The van der Waals surface area contributed by atoms with Crippen LogP contribution in [0, 0.1) is 5.82 Å². The van der Waals surface area contributed by atoms with Crippen LogP contribution in [0.25, 0.3) is 0 Å². The molecule has 2 N–H and O–H groups in total. The molecule has 0 aliphatic heterocycles. The number of nitrogens with zero attached hydrogens (tertiary/aromatic N) is 1. The van der Waals surface area contributed by atoms with Crippen LogP contribution in [-0.4, -0.2) is 14.2 Å². The molecule has 0 fully saturated rings. The normalized spacial score (nSPS) is 12.2. The molecule has 1 aromatic carbocycles. The largest absolute Gasteiger partial charge is 0.494 e. The lowest BCUT2D eigenvalue weighted by molar-refractivity contribution is 0.386. The van der Waals surface area contributed by atoms with Crippen LogP contribution in [0.2, 0.25) is 0 Å². The quantitative estimate of drug-likeness (QED) is 0.868. The molecule has 1 atom stereocenters. The van der Waals surface area contributed by atoms with Crippen molar-refractivity contribution < 1.29 is 9.13 Å². The monoisotopic (exact) mass is 280 g/mol. The molecule has 102 valence electrons. The zero-order valence-corrected chi connectivity index (χ0v) is 12.0. The molecule has 0 amide bonds. The summed E-state index contributed by atoms with van der Waals surface area (Å²) in [6.45, 7) is 2.08. The van der Waals surface area contributed by atoms with Crippen LogP contribution in [0.5, 0.6) is 5.75 Å². The predicted molar refractivity (Wildman–Crippen MR) is 78.5 cm³/mol. The Hall–Kier alpha value is -1.75. The number of thiophene rings is 1. The summed E-state index contributed by atoms with van der Waals surface area (Å²) in [6.07, 6.45) is 0. The zero-order valence-electron chi connectivity index (χ0n) is 11.2. The number of ether oxygens (including phenoxy) is 1. The maximum absolute atomic E-state index is 13.5. The Morgan fingerprint density at radius 1 is 1.42 bits per heavy atom. The number of nitrogen functional groups attached to an aromatic ring is 1. The number of hydrogen-bond donors (Lipinski definition) is 1. The lowest BCUT2D eigenvalue weighted by Gasteiger charge is -2.28. The highest BCUT2D eigenvalue weighted by molar-refractivity contribution is 7.10. The maximum Gasteiger partial charge on any atom is 0.167 e. The van der Waals surface area contributed by atoms with E-state index in [9.17, 15) is 4.39 Å². The molecule has 5 heteroatoms. The number of benzene rings is 1. The van der Waals surface area contributed by atoms with Gasteiger partial charge in [0.05, 0.1) is 24.5 Å². The summed E-state index contributed by atoms with van der Waals surface area (Å²) in [5, 5.41) is 2.04. The van der Waals surface area contributed by atoms with E-state index in [1.54, 1.807) is 17.4 Å². The van der Waals surface area contributed by atoms with Gasteiger partial charge in [-0.15, -0.1) is 11.3 Å². The highest BCUT2D eigenvalue weighted by Crippen LogP contribution is 2.35. The number of rotatable bonds is 4. The summed E-state index contributed by atoms with van der Waals surface area (Å²) in [7, 11) is 3.38. The van der Waals surface area contributed by atoms with Gasteiger partial charge in [0.15, 0.2) is 11.6 Å². The first-order valence-corrected chi connectivity index (χ1v) is 6.81. The fourth-order valence-corrected chi connectivity index (χ4v) is 2.77. The van der Waals surface area contributed by atoms with Crippen LogP contribution in [-0.2, 0) is 0 Å². The summed E-state index contributed by atoms with van der Waals surface area (Å²) in [4.78, 5) is 3.24. The molecule has 0 aliphatic rings. The minimum absolute atomic E-state index is 0.164. The molecular formula is C14H17FN2OS. The molecule has 0 radical (unpaired) electrons.